The fourth-order valence-electron chi connectivity index (χ4n) is 1.70. The van der Waals surface area contributed by atoms with E-state index < -0.39 is 0 Å². The summed E-state index contributed by atoms with van der Waals surface area (Å²) in [7, 11) is 0. The molecule has 112 valence electrons. The molecule has 21 heavy (non-hydrogen) atoms. The number of aryl methyl sites for hydroxylation is 2. The van der Waals surface area contributed by atoms with Crippen molar-refractivity contribution in [2.45, 2.75) is 25.1 Å². The second kappa shape index (κ2) is 7.42. The van der Waals surface area contributed by atoms with E-state index in [0.717, 1.165) is 21.4 Å². The molecular formula is C14H17N3O2S2. The number of ether oxygens (including phenoxy) is 1. The number of carbonyl (C=O) groups excluding carboxylic acids is 1. The SMILES string of the molecule is CCSc1nnc(NC(=O)COc2ccc(C)cc2C)s1. The number of hydrogen-bond donors (Lipinski definition) is 1. The molecule has 0 radical (unpaired) electrons. The Bertz CT molecular complexity index is 628. The van der Waals surface area contributed by atoms with E-state index in [1.807, 2.05) is 39.0 Å². The molecule has 5 nitrogen and oxygen atoms in total. The van der Waals surface area contributed by atoms with Crippen molar-refractivity contribution in [3.8, 4) is 5.75 Å². The smallest absolute Gasteiger partial charge is 0.264 e. The molecule has 1 amide bonds. The molecule has 0 unspecified atom stereocenters. The predicted molar refractivity (Wildman–Crippen MR) is 86.3 cm³/mol. The zero-order valence-electron chi connectivity index (χ0n) is 12.2. The topological polar surface area (TPSA) is 64.1 Å². The normalized spacial score (nSPS) is 10.4. The number of benzene rings is 1. The van der Waals surface area contributed by atoms with Crippen LogP contribution in [0.3, 0.4) is 0 Å². The van der Waals surface area contributed by atoms with E-state index in [0.29, 0.717) is 5.13 Å². The molecule has 2 rings (SSSR count). The summed E-state index contributed by atoms with van der Waals surface area (Å²) in [6, 6.07) is 5.85. The number of carbonyl (C=O) groups is 1. The Hall–Kier alpha value is -1.60. The summed E-state index contributed by atoms with van der Waals surface area (Å²) in [6.45, 7) is 5.98. The van der Waals surface area contributed by atoms with Crippen molar-refractivity contribution in [3.05, 3.63) is 29.3 Å². The molecule has 0 saturated heterocycles. The molecule has 0 spiro atoms. The summed E-state index contributed by atoms with van der Waals surface area (Å²) < 4.78 is 6.37. The molecule has 1 aromatic carbocycles. The minimum atomic E-state index is -0.237. The highest BCUT2D eigenvalue weighted by atomic mass is 32.2. The molecule has 1 N–H and O–H groups in total. The third-order valence-electron chi connectivity index (χ3n) is 2.61. The standard InChI is InChI=1S/C14H17N3O2S2/c1-4-20-14-17-16-13(21-14)15-12(18)8-19-11-6-5-9(2)7-10(11)3/h5-7H,4,8H2,1-3H3,(H,15,16,18). The van der Waals surface area contributed by atoms with Gasteiger partial charge in [-0.25, -0.2) is 0 Å². The maximum absolute atomic E-state index is 11.8. The van der Waals surface area contributed by atoms with Crippen LogP contribution in [0.1, 0.15) is 18.1 Å². The van der Waals surface area contributed by atoms with E-state index in [1.165, 1.54) is 16.9 Å². The number of rotatable bonds is 6. The van der Waals surface area contributed by atoms with Crippen molar-refractivity contribution in [2.75, 3.05) is 17.7 Å². The van der Waals surface area contributed by atoms with E-state index >= 15 is 0 Å². The van der Waals surface area contributed by atoms with Crippen LogP contribution in [0.25, 0.3) is 0 Å². The molecule has 0 aliphatic carbocycles. The average molecular weight is 323 g/mol. The fraction of sp³-hybridized carbons (Fsp3) is 0.357. The summed E-state index contributed by atoms with van der Waals surface area (Å²) in [5.41, 5.74) is 2.18. The Morgan fingerprint density at radius 1 is 1.38 bits per heavy atom. The van der Waals surface area contributed by atoms with Gasteiger partial charge in [0.1, 0.15) is 5.75 Å². The van der Waals surface area contributed by atoms with Gasteiger partial charge in [0, 0.05) is 0 Å². The molecule has 0 aliphatic heterocycles. The molecule has 0 fully saturated rings. The predicted octanol–water partition coefficient (Wildman–Crippen LogP) is 3.28. The van der Waals surface area contributed by atoms with Crippen LogP contribution in [-0.2, 0) is 4.79 Å². The average Bonchev–Trinajstić information content (AvgIpc) is 2.85. The van der Waals surface area contributed by atoms with Gasteiger partial charge in [-0.2, -0.15) is 0 Å². The highest BCUT2D eigenvalue weighted by Crippen LogP contribution is 2.25. The van der Waals surface area contributed by atoms with Gasteiger partial charge in [0.05, 0.1) is 0 Å². The first-order valence-corrected chi connectivity index (χ1v) is 8.35. The molecule has 0 bridgehead atoms. The fourth-order valence-corrected chi connectivity index (χ4v) is 3.37. The van der Waals surface area contributed by atoms with Gasteiger partial charge in [-0.1, -0.05) is 47.7 Å². The Labute approximate surface area is 132 Å². The van der Waals surface area contributed by atoms with Gasteiger partial charge < -0.3 is 4.74 Å². The van der Waals surface area contributed by atoms with Crippen LogP contribution in [0.5, 0.6) is 5.75 Å². The van der Waals surface area contributed by atoms with Gasteiger partial charge in [0.15, 0.2) is 10.9 Å². The molecular weight excluding hydrogens is 306 g/mol. The quantitative estimate of drug-likeness (QED) is 0.653. The number of nitrogens with one attached hydrogen (secondary N) is 1. The number of aromatic nitrogens is 2. The third kappa shape index (κ3) is 4.71. The minimum Gasteiger partial charge on any atom is -0.483 e. The van der Waals surface area contributed by atoms with Gasteiger partial charge in [0.2, 0.25) is 5.13 Å². The molecule has 1 aromatic heterocycles. The van der Waals surface area contributed by atoms with Crippen LogP contribution < -0.4 is 10.1 Å². The Morgan fingerprint density at radius 3 is 2.90 bits per heavy atom. The molecule has 7 heteroatoms. The van der Waals surface area contributed by atoms with Crippen LogP contribution in [0.15, 0.2) is 22.5 Å². The van der Waals surface area contributed by atoms with E-state index in [4.69, 9.17) is 4.74 Å². The first kappa shape index (κ1) is 15.8. The Kier molecular flexibility index (Phi) is 5.58. The van der Waals surface area contributed by atoms with Crippen molar-refractivity contribution in [3.63, 3.8) is 0 Å². The van der Waals surface area contributed by atoms with Gasteiger partial charge in [-0.3, -0.25) is 10.1 Å². The summed E-state index contributed by atoms with van der Waals surface area (Å²) in [6.07, 6.45) is 0. The molecule has 1 heterocycles. The largest absolute Gasteiger partial charge is 0.483 e. The molecule has 0 atom stereocenters. The number of anilines is 1. The Balaban J connectivity index is 1.86. The maximum atomic E-state index is 11.8. The van der Waals surface area contributed by atoms with Gasteiger partial charge in [0.25, 0.3) is 5.91 Å². The van der Waals surface area contributed by atoms with E-state index in [9.17, 15) is 4.79 Å². The number of nitrogens with zero attached hydrogens (tertiary/aromatic N) is 2. The lowest BCUT2D eigenvalue weighted by atomic mass is 10.1. The molecule has 0 saturated carbocycles. The minimum absolute atomic E-state index is 0.0419. The lowest BCUT2D eigenvalue weighted by molar-refractivity contribution is -0.118. The monoisotopic (exact) mass is 323 g/mol. The van der Waals surface area contributed by atoms with Crippen LogP contribution in [0.2, 0.25) is 0 Å². The summed E-state index contributed by atoms with van der Waals surface area (Å²) >= 11 is 2.96. The van der Waals surface area contributed by atoms with E-state index in [1.54, 1.807) is 11.8 Å². The highest BCUT2D eigenvalue weighted by Gasteiger charge is 2.09. The number of thioether (sulfide) groups is 1. The zero-order chi connectivity index (χ0) is 15.2. The van der Waals surface area contributed by atoms with Crippen LogP contribution in [0, 0.1) is 13.8 Å². The van der Waals surface area contributed by atoms with Crippen molar-refractivity contribution < 1.29 is 9.53 Å². The van der Waals surface area contributed by atoms with Crippen molar-refractivity contribution in [1.82, 2.24) is 10.2 Å². The van der Waals surface area contributed by atoms with Gasteiger partial charge >= 0.3 is 0 Å². The van der Waals surface area contributed by atoms with Crippen LogP contribution in [-0.4, -0.2) is 28.5 Å². The van der Waals surface area contributed by atoms with Crippen molar-refractivity contribution >= 4 is 34.1 Å². The number of hydrogen-bond acceptors (Lipinski definition) is 6. The summed E-state index contributed by atoms with van der Waals surface area (Å²) in [4.78, 5) is 11.8. The molecule has 2 aromatic rings. The van der Waals surface area contributed by atoms with Crippen molar-refractivity contribution in [1.29, 1.82) is 0 Å². The lowest BCUT2D eigenvalue weighted by Gasteiger charge is -2.08. The van der Waals surface area contributed by atoms with Crippen LogP contribution >= 0.6 is 23.1 Å². The second-order valence-corrected chi connectivity index (χ2v) is 6.90. The summed E-state index contributed by atoms with van der Waals surface area (Å²) in [5.74, 6) is 1.41. The van der Waals surface area contributed by atoms with Gasteiger partial charge in [-0.05, 0) is 31.2 Å². The van der Waals surface area contributed by atoms with Gasteiger partial charge in [-0.15, -0.1) is 10.2 Å². The lowest BCUT2D eigenvalue weighted by Crippen LogP contribution is -2.20. The Morgan fingerprint density at radius 2 is 2.19 bits per heavy atom. The van der Waals surface area contributed by atoms with Crippen molar-refractivity contribution in [2.24, 2.45) is 0 Å². The zero-order valence-corrected chi connectivity index (χ0v) is 13.8. The first-order chi connectivity index (χ1) is 10.1. The summed E-state index contributed by atoms with van der Waals surface area (Å²) in [5, 5.41) is 11.1. The van der Waals surface area contributed by atoms with E-state index in [2.05, 4.69) is 15.5 Å². The second-order valence-electron chi connectivity index (χ2n) is 4.41. The highest BCUT2D eigenvalue weighted by molar-refractivity contribution is 8.01. The first-order valence-electron chi connectivity index (χ1n) is 6.54. The van der Waals surface area contributed by atoms with Crippen LogP contribution in [0.4, 0.5) is 5.13 Å². The molecule has 0 aliphatic rings. The number of amides is 1. The van der Waals surface area contributed by atoms with E-state index in [-0.39, 0.29) is 12.5 Å². The third-order valence-corrected chi connectivity index (χ3v) is 4.46. The maximum Gasteiger partial charge on any atom is 0.264 e.